The molecule has 1 aromatic carbocycles. The van der Waals surface area contributed by atoms with Crippen molar-refractivity contribution >= 4 is 22.6 Å². The minimum atomic E-state index is -1.29. The Bertz CT molecular complexity index is 957. The molecule has 2 aliphatic rings. The highest BCUT2D eigenvalue weighted by molar-refractivity contribution is 5.93. The second kappa shape index (κ2) is 6.64. The number of pyridine rings is 1. The number of anilines is 1. The maximum absolute atomic E-state index is 15.0. The van der Waals surface area contributed by atoms with Crippen LogP contribution in [-0.2, 0) is 6.54 Å². The molecule has 3 heterocycles. The smallest absolute Gasteiger partial charge is 0.341 e. The van der Waals surface area contributed by atoms with Crippen LogP contribution in [-0.4, -0.2) is 52.8 Å². The zero-order valence-corrected chi connectivity index (χ0v) is 15.6. The zero-order valence-electron chi connectivity index (χ0n) is 15.6. The zero-order chi connectivity index (χ0) is 19.3. The fourth-order valence-electron chi connectivity index (χ4n) is 4.57. The van der Waals surface area contributed by atoms with Crippen LogP contribution in [0.2, 0.25) is 0 Å². The molecule has 2 fully saturated rings. The van der Waals surface area contributed by atoms with Crippen LogP contribution in [0.3, 0.4) is 0 Å². The van der Waals surface area contributed by atoms with Crippen LogP contribution < -0.4 is 10.3 Å². The van der Waals surface area contributed by atoms with Gasteiger partial charge in [-0.05, 0) is 38.9 Å². The van der Waals surface area contributed by atoms with Crippen molar-refractivity contribution in [3.05, 3.63) is 39.9 Å². The number of aromatic nitrogens is 1. The van der Waals surface area contributed by atoms with Gasteiger partial charge >= 0.3 is 5.97 Å². The molecular weight excluding hydrogens is 349 g/mol. The summed E-state index contributed by atoms with van der Waals surface area (Å²) >= 11 is 0. The molecule has 0 saturated carbocycles. The lowest BCUT2D eigenvalue weighted by Crippen LogP contribution is -2.59. The standard InChI is InChI=1S/C20H24FN3O3/c1-3-23-11-15(20(26)27)19(25)14-7-16(21)18(8-17(14)23)24-9-12-5-4-6-13(10-24)22(12)2/h7-8,11-13H,3-6,9-10H2,1-2H3,(H,26,27)/t12-,13+. The Balaban J connectivity index is 1.83. The van der Waals surface area contributed by atoms with Crippen LogP contribution in [0.25, 0.3) is 10.9 Å². The monoisotopic (exact) mass is 373 g/mol. The molecule has 4 rings (SSSR count). The number of piperidine rings is 1. The summed E-state index contributed by atoms with van der Waals surface area (Å²) in [5, 5.41) is 9.39. The largest absolute Gasteiger partial charge is 0.477 e. The van der Waals surface area contributed by atoms with E-state index in [0.29, 0.717) is 29.8 Å². The first kappa shape index (κ1) is 18.0. The van der Waals surface area contributed by atoms with Crippen molar-refractivity contribution < 1.29 is 14.3 Å². The van der Waals surface area contributed by atoms with Crippen LogP contribution in [0, 0.1) is 5.82 Å². The molecule has 0 unspecified atom stereocenters. The van der Waals surface area contributed by atoms with E-state index in [2.05, 4.69) is 16.8 Å². The maximum atomic E-state index is 15.0. The number of hydrogen-bond acceptors (Lipinski definition) is 4. The number of rotatable bonds is 3. The third-order valence-corrected chi connectivity index (χ3v) is 6.15. The SMILES string of the molecule is CCn1cc(C(=O)O)c(=O)c2cc(F)c(N3C[C@H]4CCC[C@@H](C3)N4C)cc21. The lowest BCUT2D eigenvalue weighted by atomic mass is 9.91. The molecule has 2 atom stereocenters. The molecule has 0 spiro atoms. The van der Waals surface area contributed by atoms with Gasteiger partial charge in [-0.1, -0.05) is 6.42 Å². The second-order valence-electron chi connectivity index (χ2n) is 7.59. The number of hydrogen-bond donors (Lipinski definition) is 1. The number of aryl methyl sites for hydroxylation is 1. The van der Waals surface area contributed by atoms with Crippen LogP contribution in [0.5, 0.6) is 0 Å². The van der Waals surface area contributed by atoms with Crippen molar-refractivity contribution in [2.24, 2.45) is 0 Å². The summed E-state index contributed by atoms with van der Waals surface area (Å²) in [7, 11) is 2.14. The van der Waals surface area contributed by atoms with E-state index in [0.717, 1.165) is 25.9 Å². The van der Waals surface area contributed by atoms with Crippen molar-refractivity contribution in [1.82, 2.24) is 9.47 Å². The van der Waals surface area contributed by atoms with Crippen molar-refractivity contribution in [3.63, 3.8) is 0 Å². The number of carboxylic acid groups (broad SMARTS) is 1. The minimum absolute atomic E-state index is 0.118. The molecule has 2 saturated heterocycles. The highest BCUT2D eigenvalue weighted by Gasteiger charge is 2.35. The van der Waals surface area contributed by atoms with Gasteiger partial charge in [0.15, 0.2) is 0 Å². The predicted molar refractivity (Wildman–Crippen MR) is 102 cm³/mol. The number of fused-ring (bicyclic) bond motifs is 3. The highest BCUT2D eigenvalue weighted by Crippen LogP contribution is 2.32. The van der Waals surface area contributed by atoms with Gasteiger partial charge in [-0.2, -0.15) is 0 Å². The van der Waals surface area contributed by atoms with Crippen LogP contribution in [0.1, 0.15) is 36.5 Å². The maximum Gasteiger partial charge on any atom is 0.341 e. The summed E-state index contributed by atoms with van der Waals surface area (Å²) in [4.78, 5) is 28.3. The molecule has 2 aromatic rings. The molecule has 144 valence electrons. The first-order chi connectivity index (χ1) is 12.9. The quantitative estimate of drug-likeness (QED) is 0.896. The van der Waals surface area contributed by atoms with Gasteiger partial charge in [0.05, 0.1) is 11.2 Å². The fourth-order valence-corrected chi connectivity index (χ4v) is 4.57. The summed E-state index contributed by atoms with van der Waals surface area (Å²) in [6, 6.07) is 3.74. The van der Waals surface area contributed by atoms with Gasteiger partial charge in [0, 0.05) is 43.3 Å². The molecule has 2 bridgehead atoms. The second-order valence-corrected chi connectivity index (χ2v) is 7.59. The number of likely N-dealkylation sites (N-methyl/N-ethyl adjacent to an activating group) is 1. The fraction of sp³-hybridized carbons (Fsp3) is 0.500. The molecule has 0 radical (unpaired) electrons. The van der Waals surface area contributed by atoms with Gasteiger partial charge in [0.1, 0.15) is 11.4 Å². The first-order valence-corrected chi connectivity index (χ1v) is 9.47. The summed E-state index contributed by atoms with van der Waals surface area (Å²) in [6.07, 6.45) is 4.79. The molecule has 0 amide bonds. The van der Waals surface area contributed by atoms with Gasteiger partial charge < -0.3 is 14.6 Å². The topological polar surface area (TPSA) is 65.8 Å². The van der Waals surface area contributed by atoms with Crippen molar-refractivity contribution in [1.29, 1.82) is 0 Å². The van der Waals surface area contributed by atoms with E-state index in [4.69, 9.17) is 0 Å². The van der Waals surface area contributed by atoms with Gasteiger partial charge in [0.2, 0.25) is 5.43 Å². The van der Waals surface area contributed by atoms with E-state index in [-0.39, 0.29) is 10.9 Å². The minimum Gasteiger partial charge on any atom is -0.477 e. The molecule has 1 aromatic heterocycles. The molecule has 7 heteroatoms. The number of aromatic carboxylic acids is 1. The Morgan fingerprint density at radius 3 is 2.52 bits per heavy atom. The number of carboxylic acids is 1. The highest BCUT2D eigenvalue weighted by atomic mass is 19.1. The Hall–Kier alpha value is -2.41. The number of nitrogens with zero attached hydrogens (tertiary/aromatic N) is 3. The molecule has 1 N–H and O–H groups in total. The van der Waals surface area contributed by atoms with Crippen LogP contribution in [0.15, 0.2) is 23.1 Å². The molecule has 6 nitrogen and oxygen atoms in total. The molecule has 0 aliphatic carbocycles. The van der Waals surface area contributed by atoms with Crippen LogP contribution >= 0.6 is 0 Å². The lowest BCUT2D eigenvalue weighted by molar-refractivity contribution is 0.0695. The summed E-state index contributed by atoms with van der Waals surface area (Å²) in [6.45, 7) is 3.90. The third kappa shape index (κ3) is 2.90. The number of benzene rings is 1. The van der Waals surface area contributed by atoms with Gasteiger partial charge in [-0.25, -0.2) is 9.18 Å². The third-order valence-electron chi connectivity index (χ3n) is 6.15. The average molecular weight is 373 g/mol. The molecular formula is C20H24FN3O3. The van der Waals surface area contributed by atoms with Gasteiger partial charge in [-0.15, -0.1) is 0 Å². The van der Waals surface area contributed by atoms with E-state index in [9.17, 15) is 19.1 Å². The van der Waals surface area contributed by atoms with Crippen molar-refractivity contribution in [2.75, 3.05) is 25.0 Å². The van der Waals surface area contributed by atoms with Gasteiger partial charge in [-0.3, -0.25) is 9.69 Å². The lowest BCUT2D eigenvalue weighted by Gasteiger charge is -2.49. The first-order valence-electron chi connectivity index (χ1n) is 9.47. The Morgan fingerprint density at radius 2 is 1.93 bits per heavy atom. The number of halogens is 1. The van der Waals surface area contributed by atoms with E-state index >= 15 is 0 Å². The van der Waals surface area contributed by atoms with Crippen LogP contribution in [0.4, 0.5) is 10.1 Å². The van der Waals surface area contributed by atoms with E-state index in [1.165, 1.54) is 18.7 Å². The van der Waals surface area contributed by atoms with E-state index < -0.39 is 17.2 Å². The Labute approximate surface area is 156 Å². The molecule has 27 heavy (non-hydrogen) atoms. The van der Waals surface area contributed by atoms with Crippen molar-refractivity contribution in [2.45, 2.75) is 44.8 Å². The van der Waals surface area contributed by atoms with E-state index in [1.54, 1.807) is 10.6 Å². The number of piperazine rings is 1. The summed E-state index contributed by atoms with van der Waals surface area (Å²) < 4.78 is 16.7. The summed E-state index contributed by atoms with van der Waals surface area (Å²) in [5.41, 5.74) is 0.110. The normalized spacial score (nSPS) is 23.0. The molecule has 2 aliphatic heterocycles. The van der Waals surface area contributed by atoms with Gasteiger partial charge in [0.25, 0.3) is 0 Å². The summed E-state index contributed by atoms with van der Waals surface area (Å²) in [5.74, 6) is -1.76. The Kier molecular flexibility index (Phi) is 4.42. The average Bonchev–Trinajstić information content (AvgIpc) is 2.62. The van der Waals surface area contributed by atoms with Crippen molar-refractivity contribution in [3.8, 4) is 0 Å². The predicted octanol–water partition coefficient (Wildman–Crippen LogP) is 2.53. The van der Waals surface area contributed by atoms with E-state index in [1.807, 2.05) is 6.92 Å². The Morgan fingerprint density at radius 1 is 1.26 bits per heavy atom. The number of carbonyl (C=O) groups is 1.